The highest BCUT2D eigenvalue weighted by Gasteiger charge is 2.35. The Labute approximate surface area is 141 Å². The molecule has 1 aliphatic rings. The van der Waals surface area contributed by atoms with E-state index in [1.165, 1.54) is 0 Å². The molecule has 0 atom stereocenters. The molecule has 1 aromatic carbocycles. The molecule has 0 bridgehead atoms. The van der Waals surface area contributed by atoms with E-state index in [0.717, 1.165) is 19.3 Å². The summed E-state index contributed by atoms with van der Waals surface area (Å²) in [6.45, 7) is 0.177. The molecule has 0 radical (unpaired) electrons. The molecule has 0 aromatic heterocycles. The van der Waals surface area contributed by atoms with Crippen LogP contribution in [0.1, 0.15) is 48.9 Å². The maximum absolute atomic E-state index is 12.4. The Morgan fingerprint density at radius 3 is 2.50 bits per heavy atom. The maximum Gasteiger partial charge on any atom is 0.251 e. The average Bonchev–Trinajstić information content (AvgIpc) is 2.55. The van der Waals surface area contributed by atoms with Crippen LogP contribution < -0.4 is 22.1 Å². The molecule has 0 unspecified atom stereocenters. The summed E-state index contributed by atoms with van der Waals surface area (Å²) < 4.78 is 0. The monoisotopic (exact) mass is 332 g/mol. The molecule has 6 N–H and O–H groups in total. The second kappa shape index (κ2) is 7.92. The van der Waals surface area contributed by atoms with Crippen molar-refractivity contribution in [3.05, 3.63) is 29.8 Å². The van der Waals surface area contributed by atoms with Gasteiger partial charge >= 0.3 is 0 Å². The van der Waals surface area contributed by atoms with Crippen molar-refractivity contribution in [1.29, 1.82) is 0 Å². The molecular formula is C17H24N4O3. The second-order valence-electron chi connectivity index (χ2n) is 6.22. The predicted molar refractivity (Wildman–Crippen MR) is 91.2 cm³/mol. The smallest absolute Gasteiger partial charge is 0.251 e. The Morgan fingerprint density at radius 2 is 1.83 bits per heavy atom. The maximum atomic E-state index is 12.4. The van der Waals surface area contributed by atoms with E-state index in [9.17, 15) is 14.4 Å². The van der Waals surface area contributed by atoms with E-state index in [-0.39, 0.29) is 24.8 Å². The molecule has 1 saturated carbocycles. The predicted octanol–water partition coefficient (Wildman–Crippen LogP) is 0.892. The second-order valence-corrected chi connectivity index (χ2v) is 6.22. The zero-order chi connectivity index (χ0) is 17.6. The van der Waals surface area contributed by atoms with Gasteiger partial charge in [0, 0.05) is 24.2 Å². The summed E-state index contributed by atoms with van der Waals surface area (Å²) in [5.74, 6) is -1.02. The number of rotatable bonds is 6. The van der Waals surface area contributed by atoms with Crippen molar-refractivity contribution in [2.45, 2.75) is 44.1 Å². The highest BCUT2D eigenvalue weighted by Crippen LogP contribution is 2.27. The minimum absolute atomic E-state index is 0.0812. The molecule has 24 heavy (non-hydrogen) atoms. The lowest BCUT2D eigenvalue weighted by molar-refractivity contribution is -0.122. The van der Waals surface area contributed by atoms with Gasteiger partial charge < -0.3 is 22.1 Å². The molecule has 7 heteroatoms. The van der Waals surface area contributed by atoms with Gasteiger partial charge in [-0.15, -0.1) is 0 Å². The van der Waals surface area contributed by atoms with E-state index in [0.29, 0.717) is 24.1 Å². The zero-order valence-electron chi connectivity index (χ0n) is 13.6. The van der Waals surface area contributed by atoms with Crippen LogP contribution in [-0.2, 0) is 9.59 Å². The number of nitrogens with one attached hydrogen (secondary N) is 2. The van der Waals surface area contributed by atoms with Crippen LogP contribution in [0, 0.1) is 0 Å². The summed E-state index contributed by atoms with van der Waals surface area (Å²) in [7, 11) is 0. The first kappa shape index (κ1) is 17.9. The highest BCUT2D eigenvalue weighted by atomic mass is 16.2. The first-order chi connectivity index (χ1) is 11.4. The van der Waals surface area contributed by atoms with Crippen LogP contribution in [0.25, 0.3) is 0 Å². The number of hydrogen-bond acceptors (Lipinski definition) is 4. The number of carbonyl (C=O) groups excluding carboxylic acids is 3. The van der Waals surface area contributed by atoms with Crippen molar-refractivity contribution in [3.8, 4) is 0 Å². The molecule has 1 aliphatic carbocycles. The first-order valence-corrected chi connectivity index (χ1v) is 8.18. The summed E-state index contributed by atoms with van der Waals surface area (Å²) in [6, 6.07) is 6.62. The third-order valence-corrected chi connectivity index (χ3v) is 4.24. The fourth-order valence-corrected chi connectivity index (χ4v) is 2.80. The van der Waals surface area contributed by atoms with Gasteiger partial charge in [0.05, 0.1) is 5.54 Å². The Morgan fingerprint density at radius 1 is 1.12 bits per heavy atom. The Kier molecular flexibility index (Phi) is 5.92. The van der Waals surface area contributed by atoms with Crippen LogP contribution >= 0.6 is 0 Å². The van der Waals surface area contributed by atoms with E-state index in [1.807, 2.05) is 0 Å². The fraction of sp³-hybridized carbons (Fsp3) is 0.471. The van der Waals surface area contributed by atoms with E-state index in [2.05, 4.69) is 10.6 Å². The number of carbonyl (C=O) groups is 3. The third-order valence-electron chi connectivity index (χ3n) is 4.24. The molecular weight excluding hydrogens is 308 g/mol. The minimum Gasteiger partial charge on any atom is -0.370 e. The van der Waals surface area contributed by atoms with Crippen molar-refractivity contribution < 1.29 is 14.4 Å². The molecule has 7 nitrogen and oxygen atoms in total. The summed E-state index contributed by atoms with van der Waals surface area (Å²) in [5.41, 5.74) is 11.3. The number of anilines is 1. The number of primary amides is 1. The van der Waals surface area contributed by atoms with E-state index in [4.69, 9.17) is 11.5 Å². The van der Waals surface area contributed by atoms with Crippen molar-refractivity contribution in [2.24, 2.45) is 11.5 Å². The molecule has 1 aromatic rings. The minimum atomic E-state index is -0.835. The molecule has 0 spiro atoms. The number of nitrogens with two attached hydrogens (primary N) is 2. The number of hydrogen-bond donors (Lipinski definition) is 4. The van der Waals surface area contributed by atoms with Gasteiger partial charge in [-0.25, -0.2) is 0 Å². The van der Waals surface area contributed by atoms with Gasteiger partial charge in [-0.3, -0.25) is 14.4 Å². The van der Waals surface area contributed by atoms with Gasteiger partial charge in [0.2, 0.25) is 11.8 Å². The molecule has 0 saturated heterocycles. The van der Waals surface area contributed by atoms with Crippen molar-refractivity contribution in [2.75, 3.05) is 11.9 Å². The zero-order valence-corrected chi connectivity index (χ0v) is 13.6. The number of benzene rings is 1. The summed E-state index contributed by atoms with van der Waals surface area (Å²) in [6.07, 6.45) is 4.43. The summed E-state index contributed by atoms with van der Waals surface area (Å²) in [5, 5.41) is 5.41. The van der Waals surface area contributed by atoms with Gasteiger partial charge in [-0.05, 0) is 31.0 Å². The normalized spacial score (nSPS) is 16.2. The van der Waals surface area contributed by atoms with E-state index < -0.39 is 11.4 Å². The molecule has 0 aliphatic heterocycles. The molecule has 0 heterocycles. The van der Waals surface area contributed by atoms with Gasteiger partial charge in [0.15, 0.2) is 0 Å². The lowest BCUT2D eigenvalue weighted by Gasteiger charge is -2.31. The van der Waals surface area contributed by atoms with E-state index >= 15 is 0 Å². The topological polar surface area (TPSA) is 127 Å². The first-order valence-electron chi connectivity index (χ1n) is 8.18. The third kappa shape index (κ3) is 4.79. The lowest BCUT2D eigenvalue weighted by atomic mass is 9.82. The lowest BCUT2D eigenvalue weighted by Crippen LogP contribution is -2.52. The molecule has 1 fully saturated rings. The number of amides is 3. The van der Waals surface area contributed by atoms with Crippen LogP contribution in [0.15, 0.2) is 24.3 Å². The van der Waals surface area contributed by atoms with Crippen LogP contribution in [-0.4, -0.2) is 29.8 Å². The fourth-order valence-electron chi connectivity index (χ4n) is 2.80. The van der Waals surface area contributed by atoms with Gasteiger partial charge in [0.1, 0.15) is 0 Å². The van der Waals surface area contributed by atoms with Crippen molar-refractivity contribution >= 4 is 23.4 Å². The highest BCUT2D eigenvalue weighted by molar-refractivity contribution is 6.00. The Hall–Kier alpha value is -2.41. The SMILES string of the molecule is NC(=O)CCNC(=O)c1cccc(NC(=O)C2(N)CCCCC2)c1. The average molecular weight is 332 g/mol. The van der Waals surface area contributed by atoms with Crippen LogP contribution in [0.2, 0.25) is 0 Å². The van der Waals surface area contributed by atoms with Gasteiger partial charge in [0.25, 0.3) is 5.91 Å². The van der Waals surface area contributed by atoms with Crippen LogP contribution in [0.5, 0.6) is 0 Å². The molecule has 130 valence electrons. The standard InChI is InChI=1S/C17H24N4O3/c18-14(22)7-10-20-15(23)12-5-4-6-13(11-12)21-16(24)17(19)8-2-1-3-9-17/h4-6,11H,1-3,7-10,19H2,(H2,18,22)(H,20,23)(H,21,24). The Balaban J connectivity index is 1.98. The van der Waals surface area contributed by atoms with Crippen molar-refractivity contribution in [1.82, 2.24) is 5.32 Å². The summed E-state index contributed by atoms with van der Waals surface area (Å²) >= 11 is 0. The van der Waals surface area contributed by atoms with Crippen molar-refractivity contribution in [3.63, 3.8) is 0 Å². The van der Waals surface area contributed by atoms with Gasteiger partial charge in [-0.1, -0.05) is 25.3 Å². The molecule has 3 amide bonds. The largest absolute Gasteiger partial charge is 0.370 e. The van der Waals surface area contributed by atoms with Gasteiger partial charge in [-0.2, -0.15) is 0 Å². The molecule has 2 rings (SSSR count). The summed E-state index contributed by atoms with van der Waals surface area (Å²) in [4.78, 5) is 35.1. The Bertz CT molecular complexity index is 624. The van der Waals surface area contributed by atoms with Crippen LogP contribution in [0.3, 0.4) is 0 Å². The quantitative estimate of drug-likeness (QED) is 0.617. The van der Waals surface area contributed by atoms with Crippen LogP contribution in [0.4, 0.5) is 5.69 Å². The van der Waals surface area contributed by atoms with E-state index in [1.54, 1.807) is 24.3 Å².